The zero-order valence-corrected chi connectivity index (χ0v) is 16.3. The van der Waals surface area contributed by atoms with Crippen molar-refractivity contribution in [3.05, 3.63) is 47.5 Å². The van der Waals surface area contributed by atoms with Crippen LogP contribution in [0.4, 0.5) is 0 Å². The number of hydrogen-bond donors (Lipinski definition) is 0. The molecule has 0 spiro atoms. The Morgan fingerprint density at radius 1 is 1.23 bits per heavy atom. The topological polar surface area (TPSA) is 75.5 Å². The third-order valence-electron chi connectivity index (χ3n) is 4.68. The predicted octanol–water partition coefficient (Wildman–Crippen LogP) is 1.59. The average Bonchev–Trinajstić information content (AvgIpc) is 2.98. The van der Waals surface area contributed by atoms with Gasteiger partial charge in [0.05, 0.1) is 23.1 Å². The Morgan fingerprint density at radius 3 is 2.50 bits per heavy atom. The van der Waals surface area contributed by atoms with Gasteiger partial charge in [0.25, 0.3) is 0 Å². The van der Waals surface area contributed by atoms with Gasteiger partial charge in [0, 0.05) is 33.4 Å². The highest BCUT2D eigenvalue weighted by atomic mass is 32.2. The van der Waals surface area contributed by atoms with Crippen molar-refractivity contribution in [1.82, 2.24) is 18.8 Å². The van der Waals surface area contributed by atoms with Gasteiger partial charge in [-0.3, -0.25) is 4.79 Å². The summed E-state index contributed by atoms with van der Waals surface area (Å²) in [6.07, 6.45) is 2.06. The first-order chi connectivity index (χ1) is 12.2. The van der Waals surface area contributed by atoms with E-state index < -0.39 is 16.1 Å². The number of carbonyl (C=O) groups excluding carboxylic acids is 1. The number of rotatable bonds is 4. The summed E-state index contributed by atoms with van der Waals surface area (Å²) in [7, 11) is -0.183. The van der Waals surface area contributed by atoms with Crippen molar-refractivity contribution in [3.63, 3.8) is 0 Å². The summed E-state index contributed by atoms with van der Waals surface area (Å²) in [6.45, 7) is 4.66. The molecule has 1 aromatic heterocycles. The minimum Gasteiger partial charge on any atom is -0.348 e. The molecule has 0 unspecified atom stereocenters. The Kier molecular flexibility index (Phi) is 4.90. The summed E-state index contributed by atoms with van der Waals surface area (Å²) in [6, 6.07) is 6.48. The number of aromatic nitrogens is 2. The van der Waals surface area contributed by atoms with Gasteiger partial charge < -0.3 is 9.47 Å². The molecule has 0 saturated heterocycles. The van der Waals surface area contributed by atoms with E-state index in [1.54, 1.807) is 38.4 Å². The van der Waals surface area contributed by atoms with Gasteiger partial charge in [-0.1, -0.05) is 17.7 Å². The standard InChI is InChI=1S/C18H24N4O3S/c1-13-5-7-16(8-6-13)26(24,25)22-10-9-21-12-15(11-17(23)20(3)4)19-18(21)14(22)2/h5-8,12,14H,9-11H2,1-4H3/t14-/m1/s1. The average molecular weight is 376 g/mol. The highest BCUT2D eigenvalue weighted by molar-refractivity contribution is 7.89. The van der Waals surface area contributed by atoms with E-state index in [-0.39, 0.29) is 17.2 Å². The molecular weight excluding hydrogens is 352 g/mol. The van der Waals surface area contributed by atoms with Gasteiger partial charge in [0.1, 0.15) is 5.82 Å². The van der Waals surface area contributed by atoms with Crippen LogP contribution in [-0.4, -0.2) is 53.7 Å². The molecule has 1 amide bonds. The van der Waals surface area contributed by atoms with Crippen LogP contribution < -0.4 is 0 Å². The van der Waals surface area contributed by atoms with E-state index in [9.17, 15) is 13.2 Å². The Morgan fingerprint density at radius 2 is 1.88 bits per heavy atom. The Bertz CT molecular complexity index is 916. The number of likely N-dealkylation sites (N-methyl/N-ethyl adjacent to an activating group) is 1. The molecule has 3 rings (SSSR count). The highest BCUT2D eigenvalue weighted by Gasteiger charge is 2.35. The Hall–Kier alpha value is -2.19. The van der Waals surface area contributed by atoms with E-state index in [4.69, 9.17) is 0 Å². The maximum absolute atomic E-state index is 13.0. The first kappa shape index (κ1) is 18.6. The minimum atomic E-state index is -3.59. The molecule has 0 N–H and O–H groups in total. The van der Waals surface area contributed by atoms with Gasteiger partial charge >= 0.3 is 0 Å². The minimum absolute atomic E-state index is 0.0303. The quantitative estimate of drug-likeness (QED) is 0.812. The monoisotopic (exact) mass is 376 g/mol. The second-order valence-electron chi connectivity index (χ2n) is 6.85. The lowest BCUT2D eigenvalue weighted by Gasteiger charge is -2.32. The summed E-state index contributed by atoms with van der Waals surface area (Å²) in [4.78, 5) is 18.3. The van der Waals surface area contributed by atoms with Gasteiger partial charge in [-0.25, -0.2) is 13.4 Å². The smallest absolute Gasteiger partial charge is 0.243 e. The molecule has 2 heterocycles. The van der Waals surface area contributed by atoms with Crippen LogP contribution in [0.1, 0.15) is 30.0 Å². The van der Waals surface area contributed by atoms with Crippen LogP contribution in [0.5, 0.6) is 0 Å². The molecule has 140 valence electrons. The van der Waals surface area contributed by atoms with Crippen molar-refractivity contribution in [3.8, 4) is 0 Å². The van der Waals surface area contributed by atoms with E-state index >= 15 is 0 Å². The van der Waals surface area contributed by atoms with Crippen LogP contribution in [0.2, 0.25) is 0 Å². The molecule has 8 heteroatoms. The number of nitrogens with zero attached hydrogens (tertiary/aromatic N) is 4. The molecule has 1 atom stereocenters. The summed E-state index contributed by atoms with van der Waals surface area (Å²) in [5.74, 6) is 0.644. The van der Waals surface area contributed by atoms with Gasteiger partial charge in [-0.15, -0.1) is 0 Å². The number of benzene rings is 1. The van der Waals surface area contributed by atoms with Gasteiger partial charge in [-0.05, 0) is 26.0 Å². The van der Waals surface area contributed by atoms with Crippen molar-refractivity contribution in [2.75, 3.05) is 20.6 Å². The van der Waals surface area contributed by atoms with Crippen LogP contribution in [0.25, 0.3) is 0 Å². The van der Waals surface area contributed by atoms with Gasteiger partial charge in [0.15, 0.2) is 0 Å². The fraction of sp³-hybridized carbons (Fsp3) is 0.444. The normalized spacial score (nSPS) is 17.8. The molecule has 7 nitrogen and oxygen atoms in total. The van der Waals surface area contributed by atoms with Crippen molar-refractivity contribution in [1.29, 1.82) is 0 Å². The molecule has 0 saturated carbocycles. The second-order valence-corrected chi connectivity index (χ2v) is 8.74. The van der Waals surface area contributed by atoms with Crippen molar-refractivity contribution in [2.24, 2.45) is 0 Å². The van der Waals surface area contributed by atoms with Crippen LogP contribution >= 0.6 is 0 Å². The first-order valence-electron chi connectivity index (χ1n) is 8.55. The number of aryl methyl sites for hydroxylation is 1. The maximum atomic E-state index is 13.0. The Labute approximate surface area is 154 Å². The summed E-state index contributed by atoms with van der Waals surface area (Å²) >= 11 is 0. The first-order valence-corrected chi connectivity index (χ1v) is 9.99. The molecule has 0 fully saturated rings. The molecule has 1 aliphatic rings. The van der Waals surface area contributed by atoms with E-state index in [1.165, 1.54) is 9.21 Å². The van der Waals surface area contributed by atoms with Crippen molar-refractivity contribution >= 4 is 15.9 Å². The number of imidazole rings is 1. The molecule has 2 aromatic rings. The lowest BCUT2D eigenvalue weighted by Crippen LogP contribution is -2.41. The molecule has 1 aromatic carbocycles. The second kappa shape index (κ2) is 6.85. The lowest BCUT2D eigenvalue weighted by molar-refractivity contribution is -0.128. The van der Waals surface area contributed by atoms with Crippen molar-refractivity contribution in [2.45, 2.75) is 37.8 Å². The van der Waals surface area contributed by atoms with Gasteiger partial charge in [0.2, 0.25) is 15.9 Å². The van der Waals surface area contributed by atoms with Crippen LogP contribution in [-0.2, 0) is 27.8 Å². The molecule has 0 aliphatic carbocycles. The third kappa shape index (κ3) is 3.39. The summed E-state index contributed by atoms with van der Waals surface area (Å²) in [5, 5.41) is 0. The molecule has 1 aliphatic heterocycles. The van der Waals surface area contributed by atoms with E-state index in [2.05, 4.69) is 4.98 Å². The number of carbonyl (C=O) groups is 1. The zero-order chi connectivity index (χ0) is 19.1. The number of sulfonamides is 1. The molecule has 0 radical (unpaired) electrons. The van der Waals surface area contributed by atoms with Gasteiger partial charge in [-0.2, -0.15) is 4.31 Å². The SMILES string of the molecule is Cc1ccc(S(=O)(=O)N2CCn3cc(CC(=O)N(C)C)nc3[C@H]2C)cc1. The molecule has 0 bridgehead atoms. The number of fused-ring (bicyclic) bond motifs is 1. The van der Waals surface area contributed by atoms with Crippen LogP contribution in [0.15, 0.2) is 35.4 Å². The van der Waals surface area contributed by atoms with Crippen LogP contribution in [0, 0.1) is 6.92 Å². The number of amides is 1. The fourth-order valence-corrected chi connectivity index (χ4v) is 4.68. The predicted molar refractivity (Wildman–Crippen MR) is 98.1 cm³/mol. The summed E-state index contributed by atoms with van der Waals surface area (Å²) in [5.41, 5.74) is 1.68. The fourth-order valence-electron chi connectivity index (χ4n) is 3.10. The maximum Gasteiger partial charge on any atom is 0.243 e. The van der Waals surface area contributed by atoms with Crippen LogP contribution in [0.3, 0.4) is 0 Å². The Balaban J connectivity index is 1.87. The van der Waals surface area contributed by atoms with E-state index in [0.717, 1.165) is 5.56 Å². The number of hydrogen-bond acceptors (Lipinski definition) is 4. The highest BCUT2D eigenvalue weighted by Crippen LogP contribution is 2.30. The summed E-state index contributed by atoms with van der Waals surface area (Å²) < 4.78 is 29.5. The van der Waals surface area contributed by atoms with E-state index in [0.29, 0.717) is 24.6 Å². The lowest BCUT2D eigenvalue weighted by atomic mass is 10.2. The van der Waals surface area contributed by atoms with E-state index in [1.807, 2.05) is 24.6 Å². The zero-order valence-electron chi connectivity index (χ0n) is 15.5. The largest absolute Gasteiger partial charge is 0.348 e. The van der Waals surface area contributed by atoms with Crippen molar-refractivity contribution < 1.29 is 13.2 Å². The molecular formula is C18H24N4O3S. The molecule has 26 heavy (non-hydrogen) atoms. The third-order valence-corrected chi connectivity index (χ3v) is 6.67.